The van der Waals surface area contributed by atoms with Crippen LogP contribution in [0.1, 0.15) is 35.0 Å². The molecule has 0 aliphatic heterocycles. The second-order valence-corrected chi connectivity index (χ2v) is 8.28. The Kier molecular flexibility index (Phi) is 3.61. The van der Waals surface area contributed by atoms with E-state index in [0.717, 1.165) is 25.0 Å². The van der Waals surface area contributed by atoms with Crippen molar-refractivity contribution in [1.29, 1.82) is 0 Å². The zero-order chi connectivity index (χ0) is 17.6. The molecule has 1 amide bonds. The smallest absolute Gasteiger partial charge is 0.255 e. The average molecular weight is 356 g/mol. The largest absolute Gasteiger partial charge is 0.440 e. The number of carbonyl (C=O) groups is 1. The van der Waals surface area contributed by atoms with Gasteiger partial charge >= 0.3 is 0 Å². The molecule has 0 spiro atoms. The van der Waals surface area contributed by atoms with Gasteiger partial charge in [0.15, 0.2) is 21.3 Å². The quantitative estimate of drug-likeness (QED) is 0.774. The zero-order valence-corrected chi connectivity index (χ0v) is 14.3. The summed E-state index contributed by atoms with van der Waals surface area (Å²) in [7, 11) is -3.36. The van der Waals surface area contributed by atoms with E-state index in [-0.39, 0.29) is 16.4 Å². The minimum Gasteiger partial charge on any atom is -0.440 e. The van der Waals surface area contributed by atoms with Gasteiger partial charge in [0.25, 0.3) is 5.91 Å². The minimum absolute atomic E-state index is 0.112. The van der Waals surface area contributed by atoms with Crippen LogP contribution in [0.3, 0.4) is 0 Å². The summed E-state index contributed by atoms with van der Waals surface area (Å²) >= 11 is 0. The molecule has 7 heteroatoms. The molecule has 6 nitrogen and oxygen atoms in total. The normalized spacial score (nSPS) is 14.6. The number of carbonyl (C=O) groups excluding carboxylic acids is 1. The average Bonchev–Trinajstić information content (AvgIpc) is 3.34. The predicted molar refractivity (Wildman–Crippen MR) is 93.5 cm³/mol. The molecule has 1 saturated carbocycles. The van der Waals surface area contributed by atoms with Gasteiger partial charge in [0.05, 0.1) is 4.90 Å². The van der Waals surface area contributed by atoms with Crippen molar-refractivity contribution in [2.24, 2.45) is 0 Å². The van der Waals surface area contributed by atoms with E-state index in [1.807, 2.05) is 0 Å². The van der Waals surface area contributed by atoms with E-state index in [9.17, 15) is 13.2 Å². The van der Waals surface area contributed by atoms with E-state index < -0.39 is 9.84 Å². The molecule has 0 saturated heterocycles. The number of nitrogens with one attached hydrogen (secondary N) is 1. The Bertz CT molecular complexity index is 1080. The predicted octanol–water partition coefficient (Wildman–Crippen LogP) is 3.36. The first-order chi connectivity index (χ1) is 11.9. The molecule has 0 unspecified atom stereocenters. The molecule has 0 radical (unpaired) electrons. The van der Waals surface area contributed by atoms with Gasteiger partial charge in [-0.15, -0.1) is 0 Å². The number of fused-ring (bicyclic) bond motifs is 1. The van der Waals surface area contributed by atoms with Crippen molar-refractivity contribution in [2.75, 3.05) is 11.6 Å². The minimum atomic E-state index is -3.36. The number of oxazole rings is 1. The number of hydrogen-bond acceptors (Lipinski definition) is 5. The summed E-state index contributed by atoms with van der Waals surface area (Å²) in [5.41, 5.74) is 2.25. The van der Waals surface area contributed by atoms with E-state index in [4.69, 9.17) is 4.42 Å². The van der Waals surface area contributed by atoms with E-state index in [1.165, 1.54) is 12.1 Å². The number of amides is 1. The highest BCUT2D eigenvalue weighted by molar-refractivity contribution is 7.90. The third-order valence-electron chi connectivity index (χ3n) is 4.11. The van der Waals surface area contributed by atoms with Gasteiger partial charge in [0.2, 0.25) is 0 Å². The fourth-order valence-corrected chi connectivity index (χ4v) is 3.27. The topological polar surface area (TPSA) is 89.3 Å². The van der Waals surface area contributed by atoms with Crippen molar-refractivity contribution in [3.8, 4) is 0 Å². The number of anilines is 1. The van der Waals surface area contributed by atoms with Gasteiger partial charge in [0.1, 0.15) is 5.52 Å². The number of aromatic nitrogens is 1. The lowest BCUT2D eigenvalue weighted by Gasteiger charge is -2.06. The summed E-state index contributed by atoms with van der Waals surface area (Å²) < 4.78 is 28.9. The van der Waals surface area contributed by atoms with Crippen LogP contribution >= 0.6 is 0 Å². The Morgan fingerprint density at radius 3 is 2.72 bits per heavy atom. The Labute approximate surface area is 144 Å². The van der Waals surface area contributed by atoms with Crippen molar-refractivity contribution in [3.05, 3.63) is 53.9 Å². The van der Waals surface area contributed by atoms with Gasteiger partial charge in [-0.3, -0.25) is 4.79 Å². The van der Waals surface area contributed by atoms with E-state index in [1.54, 1.807) is 30.3 Å². The molecular weight excluding hydrogens is 340 g/mol. The van der Waals surface area contributed by atoms with Crippen LogP contribution in [-0.4, -0.2) is 25.6 Å². The molecular formula is C18H16N2O4S. The molecule has 4 rings (SSSR count). The first-order valence-electron chi connectivity index (χ1n) is 7.92. The molecule has 1 fully saturated rings. The molecule has 128 valence electrons. The molecule has 3 aromatic rings. The SMILES string of the molecule is CS(=O)(=O)c1cccc(C(=O)Nc2ccc3oc(C4CC4)nc3c2)c1. The first-order valence-corrected chi connectivity index (χ1v) is 9.81. The van der Waals surface area contributed by atoms with Gasteiger partial charge in [0, 0.05) is 23.4 Å². The van der Waals surface area contributed by atoms with Gasteiger partial charge in [-0.1, -0.05) is 6.07 Å². The Balaban J connectivity index is 1.59. The number of nitrogens with zero attached hydrogens (tertiary/aromatic N) is 1. The van der Waals surface area contributed by atoms with Crippen LogP contribution in [-0.2, 0) is 9.84 Å². The lowest BCUT2D eigenvalue weighted by atomic mass is 10.2. The van der Waals surface area contributed by atoms with Crippen LogP contribution in [0.4, 0.5) is 5.69 Å². The van der Waals surface area contributed by atoms with Crippen molar-refractivity contribution < 1.29 is 17.6 Å². The molecule has 1 aromatic heterocycles. The summed E-state index contributed by atoms with van der Waals surface area (Å²) in [6.45, 7) is 0. The molecule has 0 bridgehead atoms. The summed E-state index contributed by atoms with van der Waals surface area (Å²) in [5.74, 6) is 0.791. The van der Waals surface area contributed by atoms with Crippen LogP contribution in [0.25, 0.3) is 11.1 Å². The highest BCUT2D eigenvalue weighted by Gasteiger charge is 2.28. The standard InChI is InChI=1S/C18H16N2O4S/c1-25(22,23)14-4-2-3-12(9-14)17(21)19-13-7-8-16-15(10-13)20-18(24-16)11-5-6-11/h2-4,7-11H,5-6H2,1H3,(H,19,21). The fraction of sp³-hybridized carbons (Fsp3) is 0.222. The lowest BCUT2D eigenvalue weighted by Crippen LogP contribution is -2.12. The Morgan fingerprint density at radius 1 is 1.20 bits per heavy atom. The number of hydrogen-bond donors (Lipinski definition) is 1. The van der Waals surface area contributed by atoms with Gasteiger partial charge in [-0.2, -0.15) is 0 Å². The lowest BCUT2D eigenvalue weighted by molar-refractivity contribution is 0.102. The van der Waals surface area contributed by atoms with Crippen molar-refractivity contribution in [3.63, 3.8) is 0 Å². The molecule has 2 aromatic carbocycles. The van der Waals surface area contributed by atoms with Gasteiger partial charge in [-0.25, -0.2) is 13.4 Å². The monoisotopic (exact) mass is 356 g/mol. The van der Waals surface area contributed by atoms with Crippen LogP contribution < -0.4 is 5.32 Å². The number of benzene rings is 2. The third kappa shape index (κ3) is 3.28. The summed E-state index contributed by atoms with van der Waals surface area (Å²) in [6.07, 6.45) is 3.32. The maximum Gasteiger partial charge on any atom is 0.255 e. The summed E-state index contributed by atoms with van der Waals surface area (Å²) in [6, 6.07) is 11.2. The summed E-state index contributed by atoms with van der Waals surface area (Å²) in [4.78, 5) is 17.0. The summed E-state index contributed by atoms with van der Waals surface area (Å²) in [5, 5.41) is 2.77. The molecule has 0 atom stereocenters. The molecule has 1 N–H and O–H groups in total. The van der Waals surface area contributed by atoms with Crippen LogP contribution in [0.5, 0.6) is 0 Å². The van der Waals surface area contributed by atoms with Crippen molar-refractivity contribution in [1.82, 2.24) is 4.98 Å². The molecule has 1 aliphatic carbocycles. The van der Waals surface area contributed by atoms with Gasteiger partial charge in [-0.05, 0) is 49.2 Å². The van der Waals surface area contributed by atoms with E-state index in [0.29, 0.717) is 22.7 Å². The number of sulfone groups is 1. The molecule has 25 heavy (non-hydrogen) atoms. The highest BCUT2D eigenvalue weighted by atomic mass is 32.2. The second kappa shape index (κ2) is 5.70. The molecule has 1 aliphatic rings. The fourth-order valence-electron chi connectivity index (χ4n) is 2.60. The Hall–Kier alpha value is -2.67. The molecule has 1 heterocycles. The van der Waals surface area contributed by atoms with Gasteiger partial charge < -0.3 is 9.73 Å². The Morgan fingerprint density at radius 2 is 2.00 bits per heavy atom. The third-order valence-corrected chi connectivity index (χ3v) is 5.22. The van der Waals surface area contributed by atoms with Crippen molar-refractivity contribution in [2.45, 2.75) is 23.7 Å². The van der Waals surface area contributed by atoms with Crippen LogP contribution in [0, 0.1) is 0 Å². The van der Waals surface area contributed by atoms with E-state index >= 15 is 0 Å². The van der Waals surface area contributed by atoms with Crippen LogP contribution in [0.15, 0.2) is 51.8 Å². The van der Waals surface area contributed by atoms with Crippen molar-refractivity contribution >= 4 is 32.5 Å². The zero-order valence-electron chi connectivity index (χ0n) is 13.5. The first kappa shape index (κ1) is 15.8. The highest BCUT2D eigenvalue weighted by Crippen LogP contribution is 2.40. The maximum absolute atomic E-state index is 12.4. The maximum atomic E-state index is 12.4. The van der Waals surface area contributed by atoms with E-state index in [2.05, 4.69) is 10.3 Å². The number of rotatable bonds is 4. The van der Waals surface area contributed by atoms with Crippen LogP contribution in [0.2, 0.25) is 0 Å². The second-order valence-electron chi connectivity index (χ2n) is 6.26.